The van der Waals surface area contributed by atoms with Gasteiger partial charge in [0.05, 0.1) is 5.56 Å². The number of ketones is 1. The number of ether oxygens (including phenoxy) is 1. The minimum absolute atomic E-state index is 0.0278. The van der Waals surface area contributed by atoms with Gasteiger partial charge in [-0.25, -0.2) is 0 Å². The van der Waals surface area contributed by atoms with E-state index in [1.54, 1.807) is 6.92 Å². The van der Waals surface area contributed by atoms with Crippen LogP contribution < -0.4 is 4.74 Å². The maximum Gasteiger partial charge on any atom is 0.163 e. The molecule has 0 saturated carbocycles. The minimum Gasteiger partial charge on any atom is -0.487 e. The highest BCUT2D eigenvalue weighted by Gasteiger charge is 2.17. The SMILES string of the molecule is CC(=O)c1cc2ccccc2cc1OC(C)(C)C. The van der Waals surface area contributed by atoms with E-state index >= 15 is 0 Å². The quantitative estimate of drug-likeness (QED) is 0.737. The van der Waals surface area contributed by atoms with Crippen molar-refractivity contribution in [2.24, 2.45) is 0 Å². The first-order valence-corrected chi connectivity index (χ1v) is 6.09. The first-order valence-electron chi connectivity index (χ1n) is 6.09. The van der Waals surface area contributed by atoms with E-state index < -0.39 is 0 Å². The Morgan fingerprint density at radius 2 is 1.61 bits per heavy atom. The molecule has 2 aromatic carbocycles. The summed E-state index contributed by atoms with van der Waals surface area (Å²) < 4.78 is 5.88. The van der Waals surface area contributed by atoms with Gasteiger partial charge in [0.25, 0.3) is 0 Å². The van der Waals surface area contributed by atoms with Crippen molar-refractivity contribution in [1.82, 2.24) is 0 Å². The fraction of sp³-hybridized carbons (Fsp3) is 0.312. The molecule has 0 spiro atoms. The van der Waals surface area contributed by atoms with Crippen LogP contribution in [0.5, 0.6) is 5.75 Å². The molecule has 0 bridgehead atoms. The van der Waals surface area contributed by atoms with Gasteiger partial charge in [-0.2, -0.15) is 0 Å². The normalized spacial score (nSPS) is 11.6. The third kappa shape index (κ3) is 2.70. The number of hydrogen-bond acceptors (Lipinski definition) is 2. The largest absolute Gasteiger partial charge is 0.487 e. The fourth-order valence-electron chi connectivity index (χ4n) is 1.91. The molecule has 2 rings (SSSR count). The molecule has 0 unspecified atom stereocenters. The predicted molar refractivity (Wildman–Crippen MR) is 74.3 cm³/mol. The highest BCUT2D eigenvalue weighted by atomic mass is 16.5. The van der Waals surface area contributed by atoms with Crippen LogP contribution >= 0.6 is 0 Å². The highest BCUT2D eigenvalue weighted by molar-refractivity contribution is 6.01. The van der Waals surface area contributed by atoms with Crippen molar-refractivity contribution in [2.75, 3.05) is 0 Å². The molecule has 2 nitrogen and oxygen atoms in total. The van der Waals surface area contributed by atoms with E-state index in [0.717, 1.165) is 10.8 Å². The van der Waals surface area contributed by atoms with Gasteiger partial charge in [0.1, 0.15) is 11.4 Å². The standard InChI is InChI=1S/C16H18O2/c1-11(17)14-9-12-7-5-6-8-13(12)10-15(14)18-16(2,3)4/h5-10H,1-4H3. The highest BCUT2D eigenvalue weighted by Crippen LogP contribution is 2.29. The van der Waals surface area contributed by atoms with Crippen LogP contribution in [0.2, 0.25) is 0 Å². The van der Waals surface area contributed by atoms with E-state index in [1.807, 2.05) is 57.2 Å². The molecule has 94 valence electrons. The summed E-state index contributed by atoms with van der Waals surface area (Å²) in [5, 5.41) is 2.14. The topological polar surface area (TPSA) is 26.3 Å². The molecule has 0 aliphatic carbocycles. The van der Waals surface area contributed by atoms with Crippen molar-refractivity contribution in [2.45, 2.75) is 33.3 Å². The van der Waals surface area contributed by atoms with E-state index in [2.05, 4.69) is 0 Å². The first kappa shape index (κ1) is 12.6. The number of rotatable bonds is 2. The predicted octanol–water partition coefficient (Wildman–Crippen LogP) is 4.22. The van der Waals surface area contributed by atoms with Crippen LogP contribution in [0.4, 0.5) is 0 Å². The van der Waals surface area contributed by atoms with Gasteiger partial charge in [0, 0.05) is 0 Å². The number of carbonyl (C=O) groups is 1. The Bertz CT molecular complexity index is 592. The molecule has 0 aliphatic rings. The van der Waals surface area contributed by atoms with Crippen molar-refractivity contribution in [1.29, 1.82) is 0 Å². The van der Waals surface area contributed by atoms with E-state index in [-0.39, 0.29) is 11.4 Å². The summed E-state index contributed by atoms with van der Waals surface area (Å²) in [6, 6.07) is 11.8. The first-order chi connectivity index (χ1) is 8.37. The fourth-order valence-corrected chi connectivity index (χ4v) is 1.91. The van der Waals surface area contributed by atoms with Crippen LogP contribution in [0.3, 0.4) is 0 Å². The summed E-state index contributed by atoms with van der Waals surface area (Å²) in [5.41, 5.74) is 0.329. The van der Waals surface area contributed by atoms with Gasteiger partial charge in [0.2, 0.25) is 0 Å². The van der Waals surface area contributed by atoms with Crippen LogP contribution in [-0.4, -0.2) is 11.4 Å². The molecule has 0 fully saturated rings. The van der Waals surface area contributed by atoms with Gasteiger partial charge in [-0.05, 0) is 50.6 Å². The van der Waals surface area contributed by atoms with E-state index in [9.17, 15) is 4.79 Å². The molecular formula is C16H18O2. The Hall–Kier alpha value is -1.83. The molecule has 0 radical (unpaired) electrons. The Kier molecular flexibility index (Phi) is 3.12. The lowest BCUT2D eigenvalue weighted by atomic mass is 10.0. The molecule has 0 aromatic heterocycles. The van der Waals surface area contributed by atoms with E-state index in [4.69, 9.17) is 4.74 Å². The number of carbonyl (C=O) groups excluding carboxylic acids is 1. The van der Waals surface area contributed by atoms with Crippen LogP contribution in [0, 0.1) is 0 Å². The molecule has 2 heteroatoms. The summed E-state index contributed by atoms with van der Waals surface area (Å²) in [7, 11) is 0. The zero-order valence-corrected chi connectivity index (χ0v) is 11.3. The molecule has 0 saturated heterocycles. The number of Topliss-reactive ketones (excluding diaryl/α,β-unsaturated/α-hetero) is 1. The van der Waals surface area contributed by atoms with Crippen LogP contribution in [0.1, 0.15) is 38.1 Å². The van der Waals surface area contributed by atoms with Gasteiger partial charge in [-0.3, -0.25) is 4.79 Å². The lowest BCUT2D eigenvalue weighted by molar-refractivity contribution is 0.0991. The lowest BCUT2D eigenvalue weighted by Gasteiger charge is -2.23. The van der Waals surface area contributed by atoms with E-state index in [0.29, 0.717) is 11.3 Å². The number of hydrogen-bond donors (Lipinski definition) is 0. The van der Waals surface area contributed by atoms with Crippen LogP contribution in [0.25, 0.3) is 10.8 Å². The van der Waals surface area contributed by atoms with Crippen molar-refractivity contribution >= 4 is 16.6 Å². The van der Waals surface area contributed by atoms with Gasteiger partial charge < -0.3 is 4.74 Å². The summed E-state index contributed by atoms with van der Waals surface area (Å²) >= 11 is 0. The maximum absolute atomic E-state index is 11.7. The Morgan fingerprint density at radius 3 is 2.11 bits per heavy atom. The van der Waals surface area contributed by atoms with Gasteiger partial charge in [-0.1, -0.05) is 24.3 Å². The Labute approximate surface area is 108 Å². The molecular weight excluding hydrogens is 224 g/mol. The maximum atomic E-state index is 11.7. The monoisotopic (exact) mass is 242 g/mol. The average molecular weight is 242 g/mol. The summed E-state index contributed by atoms with van der Waals surface area (Å²) in [4.78, 5) is 11.7. The van der Waals surface area contributed by atoms with Crippen molar-refractivity contribution in [3.63, 3.8) is 0 Å². The summed E-state index contributed by atoms with van der Waals surface area (Å²) in [6.45, 7) is 7.50. The molecule has 0 N–H and O–H groups in total. The number of benzene rings is 2. The zero-order valence-electron chi connectivity index (χ0n) is 11.3. The molecule has 2 aromatic rings. The average Bonchev–Trinajstić information content (AvgIpc) is 2.25. The minimum atomic E-state index is -0.313. The summed E-state index contributed by atoms with van der Waals surface area (Å²) in [5.74, 6) is 0.689. The second-order valence-electron chi connectivity index (χ2n) is 5.47. The van der Waals surface area contributed by atoms with Crippen molar-refractivity contribution < 1.29 is 9.53 Å². The van der Waals surface area contributed by atoms with Gasteiger partial charge in [0.15, 0.2) is 5.78 Å². The smallest absolute Gasteiger partial charge is 0.163 e. The molecule has 0 heterocycles. The van der Waals surface area contributed by atoms with Gasteiger partial charge >= 0.3 is 0 Å². The molecule has 0 atom stereocenters. The van der Waals surface area contributed by atoms with Crippen molar-refractivity contribution in [3.8, 4) is 5.75 Å². The third-order valence-corrected chi connectivity index (χ3v) is 2.64. The zero-order chi connectivity index (χ0) is 13.3. The van der Waals surface area contributed by atoms with Gasteiger partial charge in [-0.15, -0.1) is 0 Å². The summed E-state index contributed by atoms with van der Waals surface area (Å²) in [6.07, 6.45) is 0. The van der Waals surface area contributed by atoms with Crippen LogP contribution in [-0.2, 0) is 0 Å². The Morgan fingerprint density at radius 1 is 1.06 bits per heavy atom. The number of fused-ring (bicyclic) bond motifs is 1. The second kappa shape index (κ2) is 4.45. The second-order valence-corrected chi connectivity index (χ2v) is 5.47. The third-order valence-electron chi connectivity index (χ3n) is 2.64. The molecule has 18 heavy (non-hydrogen) atoms. The molecule has 0 aliphatic heterocycles. The van der Waals surface area contributed by atoms with E-state index in [1.165, 1.54) is 0 Å². The van der Waals surface area contributed by atoms with Crippen molar-refractivity contribution in [3.05, 3.63) is 42.0 Å². The van der Waals surface area contributed by atoms with Crippen LogP contribution in [0.15, 0.2) is 36.4 Å². The lowest BCUT2D eigenvalue weighted by Crippen LogP contribution is -2.24. The Balaban J connectivity index is 2.61. The molecule has 0 amide bonds.